The molecule has 0 aromatic carbocycles. The summed E-state index contributed by atoms with van der Waals surface area (Å²) in [5.41, 5.74) is 0.0908. The Morgan fingerprint density at radius 3 is 2.13 bits per heavy atom. The number of likely N-dealkylation sites (N-methyl/N-ethyl adjacent to an activating group) is 1. The lowest BCUT2D eigenvalue weighted by Gasteiger charge is -2.30. The molecule has 0 aromatic rings. The van der Waals surface area contributed by atoms with Crippen LogP contribution in [0.15, 0.2) is 0 Å². The van der Waals surface area contributed by atoms with Crippen molar-refractivity contribution in [3.05, 3.63) is 0 Å². The largest absolute Gasteiger partial charge is 0.342 e. The fraction of sp³-hybridized carbons (Fsp3) is 0.917. The molecule has 1 N–H and O–H groups in total. The summed E-state index contributed by atoms with van der Waals surface area (Å²) in [6.07, 6.45) is 2.09. The maximum Gasteiger partial charge on any atom is 0.236 e. The molecular formula is C12H26N2O. The van der Waals surface area contributed by atoms with Gasteiger partial charge in [-0.1, -0.05) is 13.8 Å². The Balaban J connectivity index is 4.10. The molecule has 0 saturated heterocycles. The summed E-state index contributed by atoms with van der Waals surface area (Å²) in [4.78, 5) is 13.5. The highest BCUT2D eigenvalue weighted by Crippen LogP contribution is 2.12. The van der Waals surface area contributed by atoms with Gasteiger partial charge in [0.15, 0.2) is 0 Å². The number of nitrogens with one attached hydrogen (secondary N) is 1. The van der Waals surface area contributed by atoms with Gasteiger partial charge in [0, 0.05) is 18.6 Å². The monoisotopic (exact) mass is 214 g/mol. The molecule has 0 aliphatic carbocycles. The molecule has 0 aliphatic rings. The van der Waals surface area contributed by atoms with Crippen LogP contribution < -0.4 is 5.32 Å². The Kier molecular flexibility index (Phi) is 5.88. The summed E-state index contributed by atoms with van der Waals surface area (Å²) >= 11 is 0. The van der Waals surface area contributed by atoms with Crippen molar-refractivity contribution in [1.29, 1.82) is 0 Å². The molecule has 0 bridgehead atoms. The smallest absolute Gasteiger partial charge is 0.236 e. The molecule has 0 fully saturated rings. The predicted octanol–water partition coefficient (Wildman–Crippen LogP) is 2.02. The molecule has 0 heterocycles. The molecule has 1 amide bonds. The first-order valence-corrected chi connectivity index (χ1v) is 5.87. The van der Waals surface area contributed by atoms with Crippen molar-refractivity contribution in [2.24, 2.45) is 0 Å². The minimum Gasteiger partial charge on any atom is -0.342 e. The van der Waals surface area contributed by atoms with Gasteiger partial charge >= 0.3 is 0 Å². The second-order valence-electron chi connectivity index (χ2n) is 4.72. The normalized spacial score (nSPS) is 11.9. The standard InChI is InChI=1S/C12H26N2O/c1-7-12(5,8-2)13-9-11(15)14(6)10(3)4/h10,13H,7-9H2,1-6H3. The van der Waals surface area contributed by atoms with Gasteiger partial charge in [-0.05, 0) is 33.6 Å². The Bertz CT molecular complexity index is 198. The summed E-state index contributed by atoms with van der Waals surface area (Å²) in [5.74, 6) is 0.165. The van der Waals surface area contributed by atoms with Crippen molar-refractivity contribution in [3.8, 4) is 0 Å². The molecule has 0 radical (unpaired) electrons. The number of nitrogens with zero attached hydrogens (tertiary/aromatic N) is 1. The van der Waals surface area contributed by atoms with Gasteiger partial charge in [-0.15, -0.1) is 0 Å². The van der Waals surface area contributed by atoms with Gasteiger partial charge in [-0.25, -0.2) is 0 Å². The fourth-order valence-electron chi connectivity index (χ4n) is 1.20. The van der Waals surface area contributed by atoms with Crippen LogP contribution in [-0.2, 0) is 4.79 Å². The van der Waals surface area contributed by atoms with E-state index in [9.17, 15) is 4.79 Å². The van der Waals surface area contributed by atoms with E-state index in [4.69, 9.17) is 0 Å². The molecule has 3 heteroatoms. The predicted molar refractivity (Wildman–Crippen MR) is 64.9 cm³/mol. The summed E-state index contributed by atoms with van der Waals surface area (Å²) in [7, 11) is 1.85. The maximum absolute atomic E-state index is 11.7. The van der Waals surface area contributed by atoms with E-state index in [1.54, 1.807) is 4.90 Å². The van der Waals surface area contributed by atoms with E-state index < -0.39 is 0 Å². The number of amides is 1. The first-order valence-electron chi connectivity index (χ1n) is 5.87. The lowest BCUT2D eigenvalue weighted by molar-refractivity contribution is -0.130. The first kappa shape index (κ1) is 14.4. The van der Waals surface area contributed by atoms with Crippen molar-refractivity contribution >= 4 is 5.91 Å². The van der Waals surface area contributed by atoms with Crippen LogP contribution in [0.5, 0.6) is 0 Å². The van der Waals surface area contributed by atoms with Crippen LogP contribution in [0.4, 0.5) is 0 Å². The van der Waals surface area contributed by atoms with Gasteiger partial charge in [0.2, 0.25) is 5.91 Å². The molecule has 0 unspecified atom stereocenters. The van der Waals surface area contributed by atoms with Gasteiger partial charge in [0.25, 0.3) is 0 Å². The third kappa shape index (κ3) is 4.65. The Morgan fingerprint density at radius 2 is 1.80 bits per heavy atom. The van der Waals surface area contributed by atoms with Crippen molar-refractivity contribution in [2.75, 3.05) is 13.6 Å². The minimum atomic E-state index is 0.0908. The number of hydrogen-bond donors (Lipinski definition) is 1. The van der Waals surface area contributed by atoms with Crippen LogP contribution in [0.3, 0.4) is 0 Å². The van der Waals surface area contributed by atoms with Crippen molar-refractivity contribution in [3.63, 3.8) is 0 Å². The SMILES string of the molecule is CCC(C)(CC)NCC(=O)N(C)C(C)C. The van der Waals surface area contributed by atoms with Gasteiger partial charge in [-0.2, -0.15) is 0 Å². The lowest BCUT2D eigenvalue weighted by atomic mass is 9.95. The molecule has 0 atom stereocenters. The van der Waals surface area contributed by atoms with Crippen molar-refractivity contribution in [1.82, 2.24) is 10.2 Å². The quantitative estimate of drug-likeness (QED) is 0.733. The summed E-state index contributed by atoms with van der Waals surface area (Å²) in [6, 6.07) is 0.272. The van der Waals surface area contributed by atoms with Crippen LogP contribution in [0, 0.1) is 0 Å². The first-order chi connectivity index (χ1) is 6.86. The third-order valence-electron chi connectivity index (χ3n) is 3.40. The average Bonchev–Trinajstić information content (AvgIpc) is 2.24. The summed E-state index contributed by atoms with van der Waals surface area (Å²) < 4.78 is 0. The third-order valence-corrected chi connectivity index (χ3v) is 3.40. The van der Waals surface area contributed by atoms with Gasteiger partial charge in [0.1, 0.15) is 0 Å². The number of rotatable bonds is 6. The van der Waals surface area contributed by atoms with Crippen LogP contribution in [0.2, 0.25) is 0 Å². The zero-order valence-electron chi connectivity index (χ0n) is 11.1. The topological polar surface area (TPSA) is 32.3 Å². The summed E-state index contributed by atoms with van der Waals surface area (Å²) in [6.45, 7) is 10.9. The second kappa shape index (κ2) is 6.11. The minimum absolute atomic E-state index is 0.0908. The van der Waals surface area contributed by atoms with Crippen LogP contribution in [0.1, 0.15) is 47.5 Å². The Labute approximate surface area is 94.2 Å². The van der Waals surface area contributed by atoms with E-state index in [1.807, 2.05) is 20.9 Å². The van der Waals surface area contributed by atoms with Crippen LogP contribution in [0.25, 0.3) is 0 Å². The van der Waals surface area contributed by atoms with E-state index in [1.165, 1.54) is 0 Å². The van der Waals surface area contributed by atoms with E-state index in [0.717, 1.165) is 12.8 Å². The zero-order valence-corrected chi connectivity index (χ0v) is 11.1. The molecule has 0 saturated carbocycles. The molecule has 0 aromatic heterocycles. The van der Waals surface area contributed by atoms with Crippen molar-refractivity contribution < 1.29 is 4.79 Å². The van der Waals surface area contributed by atoms with Gasteiger partial charge in [-0.3, -0.25) is 4.79 Å². The highest BCUT2D eigenvalue weighted by Gasteiger charge is 2.21. The van der Waals surface area contributed by atoms with Crippen LogP contribution in [-0.4, -0.2) is 36.0 Å². The number of carbonyl (C=O) groups is 1. The summed E-state index contributed by atoms with van der Waals surface area (Å²) in [5, 5.41) is 3.34. The highest BCUT2D eigenvalue weighted by molar-refractivity contribution is 5.78. The average molecular weight is 214 g/mol. The molecule has 3 nitrogen and oxygen atoms in total. The lowest BCUT2D eigenvalue weighted by Crippen LogP contribution is -2.48. The van der Waals surface area contributed by atoms with E-state index in [2.05, 4.69) is 26.1 Å². The molecule has 0 aliphatic heterocycles. The van der Waals surface area contributed by atoms with Crippen LogP contribution >= 0.6 is 0 Å². The molecule has 15 heavy (non-hydrogen) atoms. The molecule has 0 rings (SSSR count). The highest BCUT2D eigenvalue weighted by atomic mass is 16.2. The second-order valence-corrected chi connectivity index (χ2v) is 4.72. The van der Waals surface area contributed by atoms with E-state index in [-0.39, 0.29) is 17.5 Å². The zero-order chi connectivity index (χ0) is 12.1. The fourth-order valence-corrected chi connectivity index (χ4v) is 1.20. The maximum atomic E-state index is 11.7. The Hall–Kier alpha value is -0.570. The molecule has 0 spiro atoms. The molecular weight excluding hydrogens is 188 g/mol. The van der Waals surface area contributed by atoms with Crippen molar-refractivity contribution in [2.45, 2.75) is 59.0 Å². The number of carbonyl (C=O) groups excluding carboxylic acids is 1. The van der Waals surface area contributed by atoms with Gasteiger partial charge in [0.05, 0.1) is 6.54 Å². The Morgan fingerprint density at radius 1 is 1.33 bits per heavy atom. The van der Waals surface area contributed by atoms with Gasteiger partial charge < -0.3 is 10.2 Å². The van der Waals surface area contributed by atoms with E-state index in [0.29, 0.717) is 6.54 Å². The number of hydrogen-bond acceptors (Lipinski definition) is 2. The molecule has 90 valence electrons. The van der Waals surface area contributed by atoms with E-state index >= 15 is 0 Å².